The summed E-state index contributed by atoms with van der Waals surface area (Å²) >= 11 is 0. The third-order valence-electron chi connectivity index (χ3n) is 6.36. The van der Waals surface area contributed by atoms with Crippen LogP contribution in [0, 0.1) is 5.82 Å². The SMILES string of the molecule is COc1ccc(C(=O)NNC(=O)c2ccc3c(c2)COC3(CCCN(C)C)c2ccc(F)cc2)cc1. The number of hydrogen-bond acceptors (Lipinski definition) is 5. The van der Waals surface area contributed by atoms with Gasteiger partial charge >= 0.3 is 0 Å². The molecular formula is C28H30FN3O4. The largest absolute Gasteiger partial charge is 0.497 e. The maximum atomic E-state index is 13.6. The molecule has 7 nitrogen and oxygen atoms in total. The zero-order valence-corrected chi connectivity index (χ0v) is 20.6. The number of benzene rings is 3. The van der Waals surface area contributed by atoms with E-state index in [0.29, 0.717) is 29.9 Å². The van der Waals surface area contributed by atoms with Crippen LogP contribution < -0.4 is 15.6 Å². The molecule has 188 valence electrons. The molecule has 1 atom stereocenters. The maximum Gasteiger partial charge on any atom is 0.269 e. The van der Waals surface area contributed by atoms with E-state index in [9.17, 15) is 14.0 Å². The molecule has 0 spiro atoms. The van der Waals surface area contributed by atoms with Gasteiger partial charge in [-0.2, -0.15) is 0 Å². The molecule has 8 heteroatoms. The normalized spacial score (nSPS) is 16.5. The van der Waals surface area contributed by atoms with E-state index >= 15 is 0 Å². The van der Waals surface area contributed by atoms with Gasteiger partial charge in [0.15, 0.2) is 0 Å². The minimum Gasteiger partial charge on any atom is -0.497 e. The second-order valence-corrected chi connectivity index (χ2v) is 9.04. The number of halogens is 1. The number of methoxy groups -OCH3 is 1. The Bertz CT molecular complexity index is 1230. The molecule has 3 aromatic rings. The third-order valence-corrected chi connectivity index (χ3v) is 6.36. The quantitative estimate of drug-likeness (QED) is 0.465. The van der Waals surface area contributed by atoms with E-state index in [1.165, 1.54) is 12.1 Å². The number of rotatable bonds is 8. The van der Waals surface area contributed by atoms with Crippen molar-refractivity contribution in [3.05, 3.63) is 100 Å². The standard InChI is InChI=1S/C28H30FN3O4/c1-32(2)16-4-15-28(22-8-10-23(29)11-9-22)25-14-7-20(17-21(25)18-36-28)27(34)31-30-26(33)19-5-12-24(35-3)13-6-19/h5-14,17H,4,15-16,18H2,1-3H3,(H,30,33)(H,31,34). The van der Waals surface area contributed by atoms with Gasteiger partial charge in [-0.1, -0.05) is 18.2 Å². The Hall–Kier alpha value is -3.75. The van der Waals surface area contributed by atoms with E-state index in [0.717, 1.165) is 29.7 Å². The maximum absolute atomic E-state index is 13.6. The Morgan fingerprint density at radius 1 is 0.972 bits per heavy atom. The van der Waals surface area contributed by atoms with Gasteiger partial charge in [-0.3, -0.25) is 20.4 Å². The van der Waals surface area contributed by atoms with Gasteiger partial charge in [0.1, 0.15) is 17.2 Å². The lowest BCUT2D eigenvalue weighted by Gasteiger charge is -2.31. The zero-order valence-electron chi connectivity index (χ0n) is 20.6. The first kappa shape index (κ1) is 25.3. The van der Waals surface area contributed by atoms with Crippen LogP contribution >= 0.6 is 0 Å². The lowest BCUT2D eigenvalue weighted by molar-refractivity contribution is -0.0140. The van der Waals surface area contributed by atoms with Crippen molar-refractivity contribution in [3.8, 4) is 5.75 Å². The number of carbonyl (C=O) groups excluding carboxylic acids is 2. The highest BCUT2D eigenvalue weighted by molar-refractivity contribution is 5.99. The number of carbonyl (C=O) groups is 2. The molecule has 0 fully saturated rings. The van der Waals surface area contributed by atoms with Crippen LogP contribution in [0.15, 0.2) is 66.7 Å². The van der Waals surface area contributed by atoms with E-state index in [1.807, 2.05) is 20.2 Å². The minimum absolute atomic E-state index is 0.302. The number of fused-ring (bicyclic) bond motifs is 1. The average molecular weight is 492 g/mol. The second kappa shape index (κ2) is 10.9. The van der Waals surface area contributed by atoms with E-state index in [4.69, 9.17) is 9.47 Å². The van der Waals surface area contributed by atoms with Crippen molar-refractivity contribution in [2.45, 2.75) is 25.0 Å². The summed E-state index contributed by atoms with van der Waals surface area (Å²) < 4.78 is 25.1. The highest BCUT2D eigenvalue weighted by atomic mass is 19.1. The van der Waals surface area contributed by atoms with Crippen LogP contribution in [0.3, 0.4) is 0 Å². The summed E-state index contributed by atoms with van der Waals surface area (Å²) in [6.45, 7) is 1.21. The molecule has 1 aliphatic rings. The molecule has 0 saturated carbocycles. The summed E-state index contributed by atoms with van der Waals surface area (Å²) in [5, 5.41) is 0. The summed E-state index contributed by atoms with van der Waals surface area (Å²) in [4.78, 5) is 27.2. The lowest BCUT2D eigenvalue weighted by Crippen LogP contribution is -2.41. The Kier molecular flexibility index (Phi) is 7.67. The predicted molar refractivity (Wildman–Crippen MR) is 134 cm³/mol. The Morgan fingerprint density at radius 2 is 1.61 bits per heavy atom. The van der Waals surface area contributed by atoms with Gasteiger partial charge in [-0.15, -0.1) is 0 Å². The van der Waals surface area contributed by atoms with Crippen molar-refractivity contribution in [1.82, 2.24) is 15.8 Å². The molecule has 0 saturated heterocycles. The molecule has 36 heavy (non-hydrogen) atoms. The van der Waals surface area contributed by atoms with E-state index < -0.39 is 17.4 Å². The van der Waals surface area contributed by atoms with Gasteiger partial charge in [-0.05, 0) is 98.7 Å². The van der Waals surface area contributed by atoms with Crippen molar-refractivity contribution in [2.75, 3.05) is 27.7 Å². The summed E-state index contributed by atoms with van der Waals surface area (Å²) in [5.74, 6) is -0.545. The monoisotopic (exact) mass is 491 g/mol. The molecule has 0 aliphatic carbocycles. The Balaban J connectivity index is 1.51. The fourth-order valence-electron chi connectivity index (χ4n) is 4.48. The lowest BCUT2D eigenvalue weighted by atomic mass is 9.81. The number of hydrogen-bond donors (Lipinski definition) is 2. The summed E-state index contributed by atoms with van der Waals surface area (Å²) in [7, 11) is 5.59. The topological polar surface area (TPSA) is 79.9 Å². The molecule has 2 amide bonds. The Labute approximate surface area is 210 Å². The van der Waals surface area contributed by atoms with Gasteiger partial charge in [-0.25, -0.2) is 4.39 Å². The fraction of sp³-hybridized carbons (Fsp3) is 0.286. The first-order valence-electron chi connectivity index (χ1n) is 11.8. The average Bonchev–Trinajstić information content (AvgIpc) is 3.26. The van der Waals surface area contributed by atoms with Crippen molar-refractivity contribution >= 4 is 11.8 Å². The van der Waals surface area contributed by atoms with Crippen molar-refractivity contribution in [2.24, 2.45) is 0 Å². The molecule has 0 aromatic heterocycles. The van der Waals surface area contributed by atoms with Crippen LogP contribution in [0.4, 0.5) is 4.39 Å². The van der Waals surface area contributed by atoms with Gasteiger partial charge in [0, 0.05) is 11.1 Å². The summed E-state index contributed by atoms with van der Waals surface area (Å²) in [6, 6.07) is 18.3. The highest BCUT2D eigenvalue weighted by Gasteiger charge is 2.41. The van der Waals surface area contributed by atoms with E-state index in [1.54, 1.807) is 55.6 Å². The van der Waals surface area contributed by atoms with Gasteiger partial charge in [0.05, 0.1) is 13.7 Å². The number of amides is 2. The molecule has 1 aliphatic heterocycles. The van der Waals surface area contributed by atoms with E-state index in [-0.39, 0.29) is 5.82 Å². The van der Waals surface area contributed by atoms with Crippen LogP contribution in [0.5, 0.6) is 5.75 Å². The fourth-order valence-corrected chi connectivity index (χ4v) is 4.48. The number of nitrogens with one attached hydrogen (secondary N) is 2. The molecular weight excluding hydrogens is 461 g/mol. The second-order valence-electron chi connectivity index (χ2n) is 9.04. The zero-order chi connectivity index (χ0) is 25.7. The van der Waals surface area contributed by atoms with E-state index in [2.05, 4.69) is 15.8 Å². The number of ether oxygens (including phenoxy) is 2. The number of hydrazine groups is 1. The first-order chi connectivity index (χ1) is 17.3. The van der Waals surface area contributed by atoms with Crippen LogP contribution in [0.2, 0.25) is 0 Å². The molecule has 1 unspecified atom stereocenters. The molecule has 0 bridgehead atoms. The van der Waals surface area contributed by atoms with Crippen LogP contribution in [0.1, 0.15) is 50.2 Å². The van der Waals surface area contributed by atoms with Gasteiger partial charge < -0.3 is 14.4 Å². The predicted octanol–water partition coefficient (Wildman–Crippen LogP) is 4.02. The third kappa shape index (κ3) is 5.40. The van der Waals surface area contributed by atoms with Crippen LogP contribution in [-0.4, -0.2) is 44.5 Å². The highest BCUT2D eigenvalue weighted by Crippen LogP contribution is 2.45. The van der Waals surface area contributed by atoms with Crippen LogP contribution in [0.25, 0.3) is 0 Å². The van der Waals surface area contributed by atoms with Crippen molar-refractivity contribution < 1.29 is 23.5 Å². The van der Waals surface area contributed by atoms with Crippen LogP contribution in [-0.2, 0) is 16.9 Å². The molecule has 4 rings (SSSR count). The molecule has 0 radical (unpaired) electrons. The molecule has 3 aromatic carbocycles. The first-order valence-corrected chi connectivity index (χ1v) is 11.8. The van der Waals surface area contributed by atoms with Gasteiger partial charge in [0.2, 0.25) is 0 Å². The van der Waals surface area contributed by atoms with Gasteiger partial charge in [0.25, 0.3) is 11.8 Å². The summed E-state index contributed by atoms with van der Waals surface area (Å²) in [6.07, 6.45) is 1.59. The minimum atomic E-state index is -0.712. The number of nitrogens with zero attached hydrogens (tertiary/aromatic N) is 1. The van der Waals surface area contributed by atoms with Crippen molar-refractivity contribution in [1.29, 1.82) is 0 Å². The molecule has 2 N–H and O–H groups in total. The summed E-state index contributed by atoms with van der Waals surface area (Å²) in [5.41, 5.74) is 7.71. The Morgan fingerprint density at radius 3 is 2.25 bits per heavy atom. The van der Waals surface area contributed by atoms with Crippen molar-refractivity contribution in [3.63, 3.8) is 0 Å². The molecule has 1 heterocycles. The smallest absolute Gasteiger partial charge is 0.269 e.